The molecule has 0 bridgehead atoms. The Morgan fingerprint density at radius 2 is 1.88 bits per heavy atom. The molecule has 4 N–H and O–H groups in total. The fourth-order valence-corrected chi connectivity index (χ4v) is 2.03. The van der Waals surface area contributed by atoms with Gasteiger partial charge in [0.05, 0.1) is 17.6 Å². The average molecular weight is 349 g/mol. The molecule has 1 aromatic carbocycles. The van der Waals surface area contributed by atoms with Gasteiger partial charge in [-0.25, -0.2) is 0 Å². The zero-order chi connectivity index (χ0) is 16.7. The van der Waals surface area contributed by atoms with Crippen LogP contribution in [0.1, 0.15) is 28.9 Å². The van der Waals surface area contributed by atoms with E-state index in [0.717, 1.165) is 5.56 Å². The van der Waals surface area contributed by atoms with Crippen LogP contribution >= 0.6 is 12.4 Å². The Balaban J connectivity index is 0.00000288. The van der Waals surface area contributed by atoms with Gasteiger partial charge in [0.2, 0.25) is 5.91 Å². The van der Waals surface area contributed by atoms with Gasteiger partial charge in [-0.05, 0) is 24.6 Å². The number of rotatable bonds is 6. The predicted octanol–water partition coefficient (Wildman–Crippen LogP) is 1.44. The quantitative estimate of drug-likeness (QED) is 0.735. The van der Waals surface area contributed by atoms with Gasteiger partial charge >= 0.3 is 0 Å². The van der Waals surface area contributed by atoms with E-state index in [-0.39, 0.29) is 36.8 Å². The maximum atomic E-state index is 12.1. The Hall–Kier alpha value is -2.44. The first-order valence-electron chi connectivity index (χ1n) is 7.37. The van der Waals surface area contributed by atoms with Crippen LogP contribution in [0.3, 0.4) is 0 Å². The van der Waals surface area contributed by atoms with Crippen molar-refractivity contribution in [1.29, 1.82) is 0 Å². The highest BCUT2D eigenvalue weighted by Crippen LogP contribution is 2.12. The first-order valence-corrected chi connectivity index (χ1v) is 7.37. The van der Waals surface area contributed by atoms with Crippen molar-refractivity contribution in [2.45, 2.75) is 19.0 Å². The molecule has 7 heteroatoms. The number of pyridine rings is 1. The molecule has 0 aliphatic heterocycles. The number of carbonyl (C=O) groups is 2. The molecule has 2 amide bonds. The minimum absolute atomic E-state index is 0. The van der Waals surface area contributed by atoms with E-state index in [1.54, 1.807) is 25.3 Å². The van der Waals surface area contributed by atoms with Gasteiger partial charge in [-0.2, -0.15) is 0 Å². The number of hydrogen-bond acceptors (Lipinski definition) is 4. The summed E-state index contributed by atoms with van der Waals surface area (Å²) in [4.78, 5) is 27.9. The number of nitrogens with zero attached hydrogens (tertiary/aromatic N) is 1. The summed E-state index contributed by atoms with van der Waals surface area (Å²) < 4.78 is 0. The van der Waals surface area contributed by atoms with Crippen LogP contribution in [0.25, 0.3) is 0 Å². The monoisotopic (exact) mass is 348 g/mol. The fraction of sp³-hybridized carbons (Fsp3) is 0.235. The number of nitrogens with two attached hydrogens (primary N) is 1. The molecule has 0 saturated carbocycles. The van der Waals surface area contributed by atoms with Crippen LogP contribution in [-0.4, -0.2) is 29.4 Å². The second-order valence-electron chi connectivity index (χ2n) is 5.21. The highest BCUT2D eigenvalue weighted by atomic mass is 35.5. The molecule has 0 radical (unpaired) electrons. The van der Waals surface area contributed by atoms with Gasteiger partial charge in [0, 0.05) is 18.9 Å². The lowest BCUT2D eigenvalue weighted by Gasteiger charge is -2.21. The predicted molar refractivity (Wildman–Crippen MR) is 94.8 cm³/mol. The molecule has 2 rings (SSSR count). The summed E-state index contributed by atoms with van der Waals surface area (Å²) in [5, 5.41) is 5.65. The molecule has 128 valence electrons. The number of amides is 2. The Kier molecular flexibility index (Phi) is 7.88. The Morgan fingerprint density at radius 1 is 1.17 bits per heavy atom. The van der Waals surface area contributed by atoms with Gasteiger partial charge in [0.25, 0.3) is 5.91 Å². The number of carbonyl (C=O) groups excluding carboxylic acids is 2. The highest BCUT2D eigenvalue weighted by molar-refractivity contribution is 5.93. The maximum absolute atomic E-state index is 12.1. The van der Waals surface area contributed by atoms with Crippen LogP contribution in [0, 0.1) is 0 Å². The Bertz CT molecular complexity index is 650. The fourth-order valence-electron chi connectivity index (χ4n) is 2.03. The second-order valence-corrected chi connectivity index (χ2v) is 5.21. The number of halogens is 1. The normalized spacial score (nSPS) is 12.4. The molecule has 1 aromatic heterocycles. The van der Waals surface area contributed by atoms with Crippen LogP contribution in [0.5, 0.6) is 0 Å². The van der Waals surface area contributed by atoms with E-state index in [4.69, 9.17) is 5.73 Å². The van der Waals surface area contributed by atoms with E-state index >= 15 is 0 Å². The highest BCUT2D eigenvalue weighted by Gasteiger charge is 2.18. The summed E-state index contributed by atoms with van der Waals surface area (Å²) >= 11 is 0. The van der Waals surface area contributed by atoms with Crippen molar-refractivity contribution >= 4 is 24.2 Å². The van der Waals surface area contributed by atoms with Crippen molar-refractivity contribution < 1.29 is 9.59 Å². The number of hydrogen-bond donors (Lipinski definition) is 3. The third kappa shape index (κ3) is 5.64. The third-order valence-corrected chi connectivity index (χ3v) is 3.32. The van der Waals surface area contributed by atoms with E-state index in [0.29, 0.717) is 5.56 Å². The lowest BCUT2D eigenvalue weighted by molar-refractivity contribution is -0.122. The van der Waals surface area contributed by atoms with Crippen molar-refractivity contribution in [1.82, 2.24) is 15.6 Å². The SMILES string of the molecule is C[C@@H](N)C(=O)N[C@H](CNC(=O)c1cccnc1)c1ccccc1.Cl. The van der Waals surface area contributed by atoms with E-state index < -0.39 is 6.04 Å². The Morgan fingerprint density at radius 3 is 2.46 bits per heavy atom. The number of benzene rings is 1. The molecule has 0 aliphatic carbocycles. The van der Waals surface area contributed by atoms with Crippen LogP contribution in [0.2, 0.25) is 0 Å². The van der Waals surface area contributed by atoms with Crippen LogP contribution in [-0.2, 0) is 4.79 Å². The summed E-state index contributed by atoms with van der Waals surface area (Å²) in [6, 6.07) is 11.8. The molecule has 0 spiro atoms. The minimum Gasteiger partial charge on any atom is -0.350 e. The molecular formula is C17H21ClN4O2. The van der Waals surface area contributed by atoms with Crippen molar-refractivity contribution in [3.63, 3.8) is 0 Å². The maximum Gasteiger partial charge on any atom is 0.252 e. The number of aromatic nitrogens is 1. The van der Waals surface area contributed by atoms with E-state index in [2.05, 4.69) is 15.6 Å². The summed E-state index contributed by atoms with van der Waals surface area (Å²) in [5.41, 5.74) is 6.97. The first-order chi connectivity index (χ1) is 11.1. The lowest BCUT2D eigenvalue weighted by Crippen LogP contribution is -2.44. The van der Waals surface area contributed by atoms with Crippen molar-refractivity contribution in [3.8, 4) is 0 Å². The van der Waals surface area contributed by atoms with Crippen LogP contribution < -0.4 is 16.4 Å². The molecule has 2 atom stereocenters. The van der Waals surface area contributed by atoms with Crippen LogP contribution in [0.15, 0.2) is 54.9 Å². The lowest BCUT2D eigenvalue weighted by atomic mass is 10.1. The topological polar surface area (TPSA) is 97.1 Å². The molecular weight excluding hydrogens is 328 g/mol. The minimum atomic E-state index is -0.616. The van der Waals surface area contributed by atoms with Gasteiger partial charge in [-0.1, -0.05) is 30.3 Å². The molecule has 1 heterocycles. The second kappa shape index (κ2) is 9.64. The van der Waals surface area contributed by atoms with Gasteiger partial charge in [-0.15, -0.1) is 12.4 Å². The van der Waals surface area contributed by atoms with Crippen molar-refractivity contribution in [2.75, 3.05) is 6.54 Å². The standard InChI is InChI=1S/C17H20N4O2.ClH/c1-12(18)16(22)21-15(13-6-3-2-4-7-13)11-20-17(23)14-8-5-9-19-10-14;/h2-10,12,15H,11,18H2,1H3,(H,20,23)(H,21,22);1H/t12-,15-;/m1./s1. The first kappa shape index (κ1) is 19.6. The van der Waals surface area contributed by atoms with E-state index in [1.165, 1.54) is 6.20 Å². The summed E-state index contributed by atoms with van der Waals surface area (Å²) in [5.74, 6) is -0.511. The van der Waals surface area contributed by atoms with Crippen molar-refractivity contribution in [3.05, 3.63) is 66.0 Å². The average Bonchev–Trinajstić information content (AvgIpc) is 2.59. The Labute approximate surface area is 147 Å². The number of nitrogens with one attached hydrogen (secondary N) is 2. The molecule has 0 unspecified atom stereocenters. The van der Waals surface area contributed by atoms with Gasteiger partial charge in [-0.3, -0.25) is 14.6 Å². The van der Waals surface area contributed by atoms with Crippen LogP contribution in [0.4, 0.5) is 0 Å². The molecule has 6 nitrogen and oxygen atoms in total. The van der Waals surface area contributed by atoms with Gasteiger partial charge in [0.1, 0.15) is 0 Å². The van der Waals surface area contributed by atoms with E-state index in [9.17, 15) is 9.59 Å². The zero-order valence-corrected chi connectivity index (χ0v) is 14.1. The summed E-state index contributed by atoms with van der Waals surface area (Å²) in [6.07, 6.45) is 3.10. The largest absolute Gasteiger partial charge is 0.350 e. The molecule has 2 aromatic rings. The van der Waals surface area contributed by atoms with Gasteiger partial charge < -0.3 is 16.4 Å². The smallest absolute Gasteiger partial charge is 0.252 e. The van der Waals surface area contributed by atoms with E-state index in [1.807, 2.05) is 30.3 Å². The third-order valence-electron chi connectivity index (χ3n) is 3.32. The summed E-state index contributed by atoms with van der Waals surface area (Å²) in [6.45, 7) is 1.88. The zero-order valence-electron chi connectivity index (χ0n) is 13.3. The molecule has 0 aliphatic rings. The molecule has 24 heavy (non-hydrogen) atoms. The molecule has 0 fully saturated rings. The summed E-state index contributed by atoms with van der Waals surface area (Å²) in [7, 11) is 0. The molecule has 0 saturated heterocycles. The van der Waals surface area contributed by atoms with Gasteiger partial charge in [0.15, 0.2) is 0 Å². The van der Waals surface area contributed by atoms with Crippen molar-refractivity contribution in [2.24, 2.45) is 5.73 Å².